The Morgan fingerprint density at radius 3 is 2.93 bits per heavy atom. The van der Waals surface area contributed by atoms with Crippen molar-refractivity contribution in [2.75, 3.05) is 13.6 Å². The first-order chi connectivity index (χ1) is 6.52. The van der Waals surface area contributed by atoms with Gasteiger partial charge in [0.2, 0.25) is 11.8 Å². The summed E-state index contributed by atoms with van der Waals surface area (Å²) in [5, 5.41) is 2.93. The fourth-order valence-electron chi connectivity index (χ4n) is 1.57. The minimum absolute atomic E-state index is 0.0457. The molecule has 2 unspecified atom stereocenters. The average Bonchev–Trinajstić information content (AvgIpc) is 2.12. The van der Waals surface area contributed by atoms with Gasteiger partial charge in [0.05, 0.1) is 12.1 Å². The summed E-state index contributed by atoms with van der Waals surface area (Å²) in [6.07, 6.45) is 1.74. The second-order valence-corrected chi connectivity index (χ2v) is 3.75. The van der Waals surface area contributed by atoms with Crippen LogP contribution >= 0.6 is 0 Å². The number of piperidine rings is 1. The van der Waals surface area contributed by atoms with E-state index < -0.39 is 11.9 Å². The van der Waals surface area contributed by atoms with E-state index in [-0.39, 0.29) is 11.9 Å². The Bertz CT molecular complexity index is 242. The van der Waals surface area contributed by atoms with Gasteiger partial charge in [0.25, 0.3) is 0 Å². The molecule has 0 spiro atoms. The molecule has 5 heteroatoms. The smallest absolute Gasteiger partial charge is 0.239 e. The third-order valence-corrected chi connectivity index (χ3v) is 2.54. The first-order valence-corrected chi connectivity index (χ1v) is 4.82. The predicted molar refractivity (Wildman–Crippen MR) is 52.5 cm³/mol. The molecule has 1 rings (SSSR count). The topological polar surface area (TPSA) is 75.4 Å². The van der Waals surface area contributed by atoms with E-state index in [4.69, 9.17) is 5.73 Å². The number of rotatable bonds is 3. The highest BCUT2D eigenvalue weighted by molar-refractivity contribution is 5.84. The van der Waals surface area contributed by atoms with Crippen molar-refractivity contribution in [3.63, 3.8) is 0 Å². The summed E-state index contributed by atoms with van der Waals surface area (Å²) in [4.78, 5) is 24.1. The maximum atomic E-state index is 11.6. The molecular formula is C9H17N3O2. The van der Waals surface area contributed by atoms with Crippen molar-refractivity contribution in [3.8, 4) is 0 Å². The van der Waals surface area contributed by atoms with E-state index in [9.17, 15) is 9.59 Å². The molecule has 2 atom stereocenters. The van der Waals surface area contributed by atoms with Crippen LogP contribution < -0.4 is 11.1 Å². The van der Waals surface area contributed by atoms with Crippen LogP contribution in [0.5, 0.6) is 0 Å². The van der Waals surface area contributed by atoms with Crippen LogP contribution in [-0.4, -0.2) is 42.4 Å². The quantitative estimate of drug-likeness (QED) is 0.616. The molecule has 0 bridgehead atoms. The van der Waals surface area contributed by atoms with Crippen molar-refractivity contribution in [2.45, 2.75) is 31.8 Å². The van der Waals surface area contributed by atoms with Crippen molar-refractivity contribution >= 4 is 11.8 Å². The van der Waals surface area contributed by atoms with Crippen molar-refractivity contribution < 1.29 is 9.59 Å². The van der Waals surface area contributed by atoms with E-state index in [0.29, 0.717) is 0 Å². The van der Waals surface area contributed by atoms with Gasteiger partial charge in [-0.2, -0.15) is 0 Å². The highest BCUT2D eigenvalue weighted by atomic mass is 16.2. The molecule has 1 saturated heterocycles. The lowest BCUT2D eigenvalue weighted by atomic mass is 10.0. The van der Waals surface area contributed by atoms with Crippen molar-refractivity contribution in [2.24, 2.45) is 5.73 Å². The third-order valence-electron chi connectivity index (χ3n) is 2.54. The Morgan fingerprint density at radius 2 is 2.36 bits per heavy atom. The van der Waals surface area contributed by atoms with Gasteiger partial charge in [-0.1, -0.05) is 0 Å². The lowest BCUT2D eigenvalue weighted by Gasteiger charge is -2.30. The number of amides is 2. The highest BCUT2D eigenvalue weighted by Crippen LogP contribution is 2.10. The fraction of sp³-hybridized carbons (Fsp3) is 0.778. The molecule has 1 heterocycles. The summed E-state index contributed by atoms with van der Waals surface area (Å²) in [6.45, 7) is 2.46. The largest absolute Gasteiger partial charge is 0.368 e. The van der Waals surface area contributed by atoms with Gasteiger partial charge in [-0.3, -0.25) is 14.9 Å². The lowest BCUT2D eigenvalue weighted by Crippen LogP contribution is -2.54. The molecule has 0 aromatic carbocycles. The van der Waals surface area contributed by atoms with Gasteiger partial charge in [0.1, 0.15) is 0 Å². The Kier molecular flexibility index (Phi) is 3.46. The molecular weight excluding hydrogens is 182 g/mol. The van der Waals surface area contributed by atoms with Crippen molar-refractivity contribution in [1.29, 1.82) is 0 Å². The van der Waals surface area contributed by atoms with Crippen molar-refractivity contribution in [1.82, 2.24) is 10.2 Å². The fourth-order valence-corrected chi connectivity index (χ4v) is 1.57. The monoisotopic (exact) mass is 199 g/mol. The Morgan fingerprint density at radius 1 is 1.71 bits per heavy atom. The number of likely N-dealkylation sites (N-methyl/N-ethyl adjacent to an activating group) is 1. The van der Waals surface area contributed by atoms with Gasteiger partial charge in [-0.15, -0.1) is 0 Å². The van der Waals surface area contributed by atoms with Crippen molar-refractivity contribution in [3.05, 3.63) is 0 Å². The summed E-state index contributed by atoms with van der Waals surface area (Å²) < 4.78 is 0. The van der Waals surface area contributed by atoms with E-state index in [2.05, 4.69) is 5.32 Å². The van der Waals surface area contributed by atoms with Crippen LogP contribution in [0.4, 0.5) is 0 Å². The molecule has 5 nitrogen and oxygen atoms in total. The van der Waals surface area contributed by atoms with E-state index in [1.165, 1.54) is 0 Å². The summed E-state index contributed by atoms with van der Waals surface area (Å²) in [5.41, 5.74) is 5.11. The van der Waals surface area contributed by atoms with E-state index in [1.807, 2.05) is 0 Å². The number of carbonyl (C=O) groups excluding carboxylic acids is 2. The summed E-state index contributed by atoms with van der Waals surface area (Å²) in [6, 6.07) is -0.702. The van der Waals surface area contributed by atoms with E-state index >= 15 is 0 Å². The second-order valence-electron chi connectivity index (χ2n) is 3.75. The van der Waals surface area contributed by atoms with Gasteiger partial charge in [-0.05, 0) is 19.8 Å². The van der Waals surface area contributed by atoms with Crippen LogP contribution in [0.25, 0.3) is 0 Å². The molecule has 1 fully saturated rings. The molecule has 80 valence electrons. The van der Waals surface area contributed by atoms with Gasteiger partial charge in [-0.25, -0.2) is 0 Å². The third kappa shape index (κ3) is 2.45. The van der Waals surface area contributed by atoms with Crippen LogP contribution in [0.15, 0.2) is 0 Å². The first-order valence-electron chi connectivity index (χ1n) is 4.82. The molecule has 0 saturated carbocycles. The number of nitrogens with zero attached hydrogens (tertiary/aromatic N) is 1. The van der Waals surface area contributed by atoms with E-state index in [1.54, 1.807) is 18.9 Å². The molecule has 2 amide bonds. The van der Waals surface area contributed by atoms with Crippen LogP contribution in [-0.2, 0) is 9.59 Å². The lowest BCUT2D eigenvalue weighted by molar-refractivity contribution is -0.135. The number of hydrogen-bond donors (Lipinski definition) is 2. The van der Waals surface area contributed by atoms with Gasteiger partial charge < -0.3 is 10.6 Å². The molecule has 0 radical (unpaired) electrons. The predicted octanol–water partition coefficient (Wildman–Crippen LogP) is -0.929. The molecule has 3 N–H and O–H groups in total. The SMILES string of the molecule is CC(NC1CCCN(C)C1=O)C(N)=O. The van der Waals surface area contributed by atoms with Crippen LogP contribution in [0, 0.1) is 0 Å². The summed E-state index contributed by atoms with van der Waals surface area (Å²) >= 11 is 0. The van der Waals surface area contributed by atoms with Gasteiger partial charge in [0, 0.05) is 13.6 Å². The number of likely N-dealkylation sites (tertiary alicyclic amines) is 1. The first kappa shape index (κ1) is 11.0. The number of hydrogen-bond acceptors (Lipinski definition) is 3. The Labute approximate surface area is 83.6 Å². The average molecular weight is 199 g/mol. The second kappa shape index (κ2) is 4.41. The number of nitrogens with one attached hydrogen (secondary N) is 1. The maximum absolute atomic E-state index is 11.6. The summed E-state index contributed by atoms with van der Waals surface area (Å²) in [7, 11) is 1.77. The Balaban J connectivity index is 2.51. The summed E-state index contributed by atoms with van der Waals surface area (Å²) in [5.74, 6) is -0.379. The molecule has 14 heavy (non-hydrogen) atoms. The number of primary amides is 1. The van der Waals surface area contributed by atoms with Gasteiger partial charge in [0.15, 0.2) is 0 Å². The normalized spacial score (nSPS) is 24.9. The highest BCUT2D eigenvalue weighted by Gasteiger charge is 2.28. The zero-order chi connectivity index (χ0) is 10.7. The molecule has 0 aliphatic carbocycles. The van der Waals surface area contributed by atoms with Crippen LogP contribution in [0.2, 0.25) is 0 Å². The number of carbonyl (C=O) groups is 2. The minimum Gasteiger partial charge on any atom is -0.368 e. The molecule has 0 aromatic heterocycles. The zero-order valence-corrected chi connectivity index (χ0v) is 8.62. The molecule has 1 aliphatic heterocycles. The molecule has 1 aliphatic rings. The van der Waals surface area contributed by atoms with E-state index in [0.717, 1.165) is 19.4 Å². The maximum Gasteiger partial charge on any atom is 0.239 e. The zero-order valence-electron chi connectivity index (χ0n) is 8.62. The molecule has 0 aromatic rings. The number of nitrogens with two attached hydrogens (primary N) is 1. The standard InChI is InChI=1S/C9H17N3O2/c1-6(8(10)13)11-7-4-3-5-12(2)9(7)14/h6-7,11H,3-5H2,1-2H3,(H2,10,13). The minimum atomic E-state index is -0.449. The van der Waals surface area contributed by atoms with Crippen LogP contribution in [0.1, 0.15) is 19.8 Å². The van der Waals surface area contributed by atoms with Crippen LogP contribution in [0.3, 0.4) is 0 Å². The Hall–Kier alpha value is -1.10. The van der Waals surface area contributed by atoms with Gasteiger partial charge >= 0.3 is 0 Å².